The lowest BCUT2D eigenvalue weighted by Gasteiger charge is -2.07. The van der Waals surface area contributed by atoms with E-state index < -0.39 is 41.2 Å². The van der Waals surface area contributed by atoms with Crippen LogP contribution in [0.4, 0.5) is 0 Å². The van der Waals surface area contributed by atoms with Crippen LogP contribution in [0.15, 0.2) is 0 Å². The van der Waals surface area contributed by atoms with Gasteiger partial charge in [-0.1, -0.05) is 13.3 Å². The molecule has 14 heteroatoms. The number of aliphatic hydroxyl groups excluding tert-OH is 4. The Morgan fingerprint density at radius 1 is 1.04 bits per heavy atom. The second-order valence-electron chi connectivity index (χ2n) is 4.75. The average Bonchev–Trinajstić information content (AvgIpc) is 2.59. The van der Waals surface area contributed by atoms with Crippen LogP contribution in [-0.4, -0.2) is 85.1 Å². The van der Waals surface area contributed by atoms with Gasteiger partial charge < -0.3 is 36.4 Å². The number of carbonyl (C=O) groups is 3. The fourth-order valence-electron chi connectivity index (χ4n) is 1.06. The Morgan fingerprint density at radius 2 is 1.41 bits per heavy atom. The van der Waals surface area contributed by atoms with Crippen molar-refractivity contribution < 1.29 is 54.9 Å². The normalized spacial score (nSPS) is 12.8. The van der Waals surface area contributed by atoms with Gasteiger partial charge in [-0.05, 0) is 19.3 Å². The van der Waals surface area contributed by atoms with Crippen molar-refractivity contribution in [1.29, 1.82) is 0 Å². The number of carbonyl (C=O) groups excluding carboxylic acids is 1. The maximum absolute atomic E-state index is 10.6. The summed E-state index contributed by atoms with van der Waals surface area (Å²) in [6, 6.07) is -0.884. The molecular formula is C13H26N2O12. The lowest BCUT2D eigenvalue weighted by atomic mass is 10.2. The number of unbranched alkanes of at least 4 members (excludes halogenated alkanes) is 1. The summed E-state index contributed by atoms with van der Waals surface area (Å²) in [7, 11) is 0. The molecule has 0 saturated carbocycles. The molecule has 0 rings (SSSR count). The summed E-state index contributed by atoms with van der Waals surface area (Å²) in [5.41, 5.74) is 5.20. The minimum Gasteiger partial charge on any atom is -0.479 e. The van der Waals surface area contributed by atoms with E-state index in [4.69, 9.17) is 36.4 Å². The third kappa shape index (κ3) is 19.8. The van der Waals surface area contributed by atoms with Crippen LogP contribution in [0.2, 0.25) is 0 Å². The molecule has 0 bridgehead atoms. The molecule has 0 aliphatic rings. The van der Waals surface area contributed by atoms with Crippen LogP contribution in [-0.2, 0) is 19.2 Å². The van der Waals surface area contributed by atoms with Gasteiger partial charge in [0.1, 0.15) is 0 Å². The lowest BCUT2D eigenvalue weighted by molar-refractivity contribution is -0.729. The molecule has 0 aliphatic carbocycles. The number of nitrogens with two attached hydrogens (primary N) is 1. The number of hydrogen-bond donors (Lipinski definition) is 7. The zero-order valence-electron chi connectivity index (χ0n) is 14.6. The Morgan fingerprint density at radius 3 is 1.63 bits per heavy atom. The van der Waals surface area contributed by atoms with Crippen LogP contribution >= 0.6 is 0 Å². The van der Waals surface area contributed by atoms with E-state index in [1.807, 2.05) is 6.92 Å². The van der Waals surface area contributed by atoms with E-state index in [-0.39, 0.29) is 13.2 Å². The van der Waals surface area contributed by atoms with Crippen molar-refractivity contribution in [1.82, 2.24) is 0 Å². The molecule has 8 N–H and O–H groups in total. The molecule has 3 atom stereocenters. The molecule has 0 saturated heterocycles. The van der Waals surface area contributed by atoms with Gasteiger partial charge in [0, 0.05) is 13.2 Å². The van der Waals surface area contributed by atoms with Crippen LogP contribution in [0.3, 0.4) is 0 Å². The summed E-state index contributed by atoms with van der Waals surface area (Å²) in [5, 5.41) is 57.2. The topological polar surface area (TPSA) is 251 Å². The minimum atomic E-state index is -2.27. The van der Waals surface area contributed by atoms with Gasteiger partial charge in [0.25, 0.3) is 0 Å². The number of hydrogen-bond acceptors (Lipinski definition) is 11. The third-order valence-electron chi connectivity index (χ3n) is 2.44. The molecule has 0 heterocycles. The summed E-state index contributed by atoms with van der Waals surface area (Å²) in [6.07, 6.45) is -2.01. The van der Waals surface area contributed by atoms with Gasteiger partial charge in [0.2, 0.25) is 0 Å². The smallest absolute Gasteiger partial charge is 0.335 e. The van der Waals surface area contributed by atoms with E-state index in [0.29, 0.717) is 12.8 Å². The minimum absolute atomic E-state index is 0.195. The molecule has 0 aromatic heterocycles. The van der Waals surface area contributed by atoms with Crippen LogP contribution in [0.1, 0.15) is 32.6 Å². The molecule has 14 nitrogen and oxygen atoms in total. The molecule has 0 fully saturated rings. The Balaban J connectivity index is -0.000000334. The van der Waals surface area contributed by atoms with Crippen molar-refractivity contribution in [2.75, 3.05) is 13.2 Å². The zero-order valence-corrected chi connectivity index (χ0v) is 14.6. The highest BCUT2D eigenvalue weighted by Gasteiger charge is 2.29. The van der Waals surface area contributed by atoms with Gasteiger partial charge in [-0.25, -0.2) is 14.4 Å². The van der Waals surface area contributed by atoms with Gasteiger partial charge in [-0.2, -0.15) is 0 Å². The lowest BCUT2D eigenvalue weighted by Crippen LogP contribution is -2.39. The van der Waals surface area contributed by atoms with Gasteiger partial charge in [-0.3, -0.25) is 4.79 Å². The monoisotopic (exact) mass is 402 g/mol. The van der Waals surface area contributed by atoms with Crippen LogP contribution < -0.4 is 5.73 Å². The van der Waals surface area contributed by atoms with Crippen LogP contribution in [0, 0.1) is 10.1 Å². The number of rotatable bonds is 10. The number of nitrogens with zero attached hydrogens (tertiary/aromatic N) is 1. The molecule has 0 amide bonds. The first-order chi connectivity index (χ1) is 12.5. The fraction of sp³-hybridized carbons (Fsp3) is 0.769. The first-order valence-electron chi connectivity index (χ1n) is 7.61. The molecule has 160 valence electrons. The third-order valence-corrected chi connectivity index (χ3v) is 2.44. The maximum atomic E-state index is 10.6. The van der Waals surface area contributed by atoms with Crippen molar-refractivity contribution in [3.05, 3.63) is 10.1 Å². The molecule has 0 aromatic carbocycles. The molecule has 0 radical (unpaired) electrons. The Hall–Kier alpha value is -2.39. The molecular weight excluding hydrogens is 376 g/mol. The number of aliphatic hydroxyl groups is 4. The van der Waals surface area contributed by atoms with E-state index in [9.17, 15) is 24.5 Å². The number of carboxylic acids is 2. The van der Waals surface area contributed by atoms with Crippen molar-refractivity contribution in [2.45, 2.75) is 50.9 Å². The fourth-order valence-corrected chi connectivity index (χ4v) is 1.06. The van der Waals surface area contributed by atoms with Crippen molar-refractivity contribution in [3.8, 4) is 0 Å². The highest BCUT2D eigenvalue weighted by Crippen LogP contribution is 1.95. The van der Waals surface area contributed by atoms with E-state index in [2.05, 4.69) is 4.84 Å². The van der Waals surface area contributed by atoms with E-state index >= 15 is 0 Å². The van der Waals surface area contributed by atoms with E-state index in [1.165, 1.54) is 0 Å². The summed E-state index contributed by atoms with van der Waals surface area (Å²) < 4.78 is 0. The maximum Gasteiger partial charge on any atom is 0.335 e. The van der Waals surface area contributed by atoms with Gasteiger partial charge in [-0.15, -0.1) is 10.1 Å². The summed E-state index contributed by atoms with van der Waals surface area (Å²) in [5.74, 6) is -4.53. The highest BCUT2D eigenvalue weighted by molar-refractivity contribution is 5.83. The molecule has 2 unspecified atom stereocenters. The molecule has 0 spiro atoms. The predicted octanol–water partition coefficient (Wildman–Crippen LogP) is -2.52. The van der Waals surface area contributed by atoms with Gasteiger partial charge in [0.15, 0.2) is 12.2 Å². The summed E-state index contributed by atoms with van der Waals surface area (Å²) in [4.78, 5) is 43.3. The predicted molar refractivity (Wildman–Crippen MR) is 86.7 cm³/mol. The molecule has 0 aliphatic heterocycles. The Kier molecular flexibility index (Phi) is 20.0. The van der Waals surface area contributed by atoms with Gasteiger partial charge >= 0.3 is 23.0 Å². The van der Waals surface area contributed by atoms with Crippen molar-refractivity contribution >= 4 is 17.9 Å². The van der Waals surface area contributed by atoms with E-state index in [1.54, 1.807) is 0 Å². The van der Waals surface area contributed by atoms with Gasteiger partial charge in [0.05, 0.1) is 6.04 Å². The summed E-state index contributed by atoms with van der Waals surface area (Å²) in [6.45, 7) is 2.21. The van der Waals surface area contributed by atoms with Crippen molar-refractivity contribution in [3.63, 3.8) is 0 Å². The second-order valence-corrected chi connectivity index (χ2v) is 4.75. The second kappa shape index (κ2) is 18.4. The first-order valence-corrected chi connectivity index (χ1v) is 7.61. The van der Waals surface area contributed by atoms with E-state index in [0.717, 1.165) is 12.8 Å². The number of carboxylic acid groups (broad SMARTS) is 2. The number of aliphatic carboxylic acids is 2. The van der Waals surface area contributed by atoms with Crippen molar-refractivity contribution in [2.24, 2.45) is 5.73 Å². The Labute approximate surface area is 153 Å². The average molecular weight is 402 g/mol. The molecule has 27 heavy (non-hydrogen) atoms. The summed E-state index contributed by atoms with van der Waals surface area (Å²) >= 11 is 0. The van der Waals surface area contributed by atoms with Crippen LogP contribution in [0.25, 0.3) is 0 Å². The quantitative estimate of drug-likeness (QED) is 0.113. The van der Waals surface area contributed by atoms with Crippen LogP contribution in [0.5, 0.6) is 0 Å². The zero-order chi connectivity index (χ0) is 22.0. The highest BCUT2D eigenvalue weighted by atomic mass is 17.0. The Bertz CT molecular complexity index is 423. The standard InChI is InChI=1S/C5H10N2O4.C4H6O6.C4H10O2/c1-2-3-4(6)5(8)11-7(9)10;5-1(3(7)8)2(6)4(9)10;5-3-1-2-4-6/h4H,2-3,6H2,1H3;1-2,5-6H,(H,7,8)(H,9,10);5-6H,1-4H2/t4-;;/m0../s1. The SMILES string of the molecule is CCC[C@H](N)C(=O)O[N+](=O)[O-].O=C(O)C(O)C(O)C(=O)O.OCCCCO. The molecule has 0 aromatic rings. The largest absolute Gasteiger partial charge is 0.479 e. The first kappa shape index (κ1) is 29.4.